The van der Waals surface area contributed by atoms with Crippen molar-refractivity contribution in [3.8, 4) is 22.4 Å². The van der Waals surface area contributed by atoms with Crippen molar-refractivity contribution in [3.05, 3.63) is 59.0 Å². The Balaban J connectivity index is 1.57. The van der Waals surface area contributed by atoms with Crippen LogP contribution in [-0.4, -0.2) is 32.6 Å². The summed E-state index contributed by atoms with van der Waals surface area (Å²) in [6, 6.07) is 8.44. The van der Waals surface area contributed by atoms with Gasteiger partial charge in [0.2, 0.25) is 0 Å². The van der Waals surface area contributed by atoms with Crippen LogP contribution in [0.3, 0.4) is 0 Å². The number of rotatable bonds is 5. The van der Waals surface area contributed by atoms with Crippen LogP contribution in [0, 0.1) is 12.3 Å². The predicted octanol–water partition coefficient (Wildman–Crippen LogP) is 5.65. The molecule has 0 unspecified atom stereocenters. The molecule has 1 fully saturated rings. The van der Waals surface area contributed by atoms with Crippen molar-refractivity contribution in [2.24, 2.45) is 5.41 Å². The van der Waals surface area contributed by atoms with E-state index in [1.54, 1.807) is 4.90 Å². The zero-order chi connectivity index (χ0) is 22.5. The van der Waals surface area contributed by atoms with Gasteiger partial charge in [-0.1, -0.05) is 38.8 Å². The van der Waals surface area contributed by atoms with E-state index in [-0.39, 0.29) is 5.91 Å². The second kappa shape index (κ2) is 7.88. The number of aromatic nitrogens is 3. The molecule has 5 nitrogen and oxygen atoms in total. The average Bonchev–Trinajstić information content (AvgIpc) is 3.48. The average molecular weight is 429 g/mol. The first-order chi connectivity index (χ1) is 15.4. The van der Waals surface area contributed by atoms with Crippen molar-refractivity contribution in [3.63, 3.8) is 0 Å². The maximum absolute atomic E-state index is 12.6. The number of carbonyl (C=O) groups is 1. The fraction of sp³-hybridized carbons (Fsp3) is 0.444. The van der Waals surface area contributed by atoms with Crippen LogP contribution < -0.4 is 0 Å². The first-order valence-electron chi connectivity index (χ1n) is 11.8. The summed E-state index contributed by atoms with van der Waals surface area (Å²) in [7, 11) is 1.85. The van der Waals surface area contributed by atoms with E-state index in [0.29, 0.717) is 12.0 Å². The van der Waals surface area contributed by atoms with Gasteiger partial charge in [0.1, 0.15) is 0 Å². The normalized spacial score (nSPS) is 17.2. The zero-order valence-electron chi connectivity index (χ0n) is 19.6. The summed E-state index contributed by atoms with van der Waals surface area (Å²) in [4.78, 5) is 19.4. The fourth-order valence-corrected chi connectivity index (χ4v) is 5.41. The monoisotopic (exact) mass is 428 g/mol. The lowest BCUT2D eigenvalue weighted by molar-refractivity contribution is 0.0816. The van der Waals surface area contributed by atoms with Gasteiger partial charge < -0.3 is 4.90 Å². The SMILES string of the molecule is CCc1nc(-c2ccc3c(c2)C(=O)N(C)C3)c(-c2cnn(CC3(C)CCCC3)c2)cc1C. The number of fused-ring (bicyclic) bond motifs is 1. The maximum atomic E-state index is 12.6. The molecule has 1 saturated carbocycles. The highest BCUT2D eigenvalue weighted by Gasteiger charge is 2.30. The van der Waals surface area contributed by atoms with E-state index in [1.165, 1.54) is 31.2 Å². The third kappa shape index (κ3) is 3.64. The molecule has 0 atom stereocenters. The topological polar surface area (TPSA) is 51.0 Å². The van der Waals surface area contributed by atoms with Crippen LogP contribution in [0.25, 0.3) is 22.4 Å². The minimum atomic E-state index is 0.0869. The summed E-state index contributed by atoms with van der Waals surface area (Å²) in [6.45, 7) is 8.29. The molecule has 5 rings (SSSR count). The van der Waals surface area contributed by atoms with Gasteiger partial charge in [0.05, 0.1) is 11.9 Å². The van der Waals surface area contributed by atoms with Crippen LogP contribution >= 0.6 is 0 Å². The summed E-state index contributed by atoms with van der Waals surface area (Å²) in [5.41, 5.74) is 8.61. The Kier molecular flexibility index (Phi) is 5.15. The van der Waals surface area contributed by atoms with Crippen molar-refractivity contribution < 1.29 is 4.79 Å². The Labute approximate surface area is 190 Å². The van der Waals surface area contributed by atoms with Crippen LogP contribution in [-0.2, 0) is 19.5 Å². The third-order valence-electron chi connectivity index (χ3n) is 7.32. The lowest BCUT2D eigenvalue weighted by Gasteiger charge is -2.23. The molecule has 5 heteroatoms. The molecule has 0 saturated heterocycles. The number of carbonyl (C=O) groups excluding carboxylic acids is 1. The quantitative estimate of drug-likeness (QED) is 0.528. The Morgan fingerprint density at radius 2 is 1.88 bits per heavy atom. The highest BCUT2D eigenvalue weighted by Crippen LogP contribution is 2.39. The van der Waals surface area contributed by atoms with Crippen LogP contribution in [0.2, 0.25) is 0 Å². The summed E-state index contributed by atoms with van der Waals surface area (Å²) < 4.78 is 2.11. The van der Waals surface area contributed by atoms with Crippen LogP contribution in [0.4, 0.5) is 0 Å². The van der Waals surface area contributed by atoms with Gasteiger partial charge in [0, 0.05) is 54.3 Å². The molecule has 1 amide bonds. The fourth-order valence-electron chi connectivity index (χ4n) is 5.41. The smallest absolute Gasteiger partial charge is 0.254 e. The van der Waals surface area contributed by atoms with E-state index in [9.17, 15) is 4.79 Å². The molecule has 3 aromatic rings. The minimum absolute atomic E-state index is 0.0869. The molecule has 1 aromatic carbocycles. The number of hydrogen-bond acceptors (Lipinski definition) is 3. The maximum Gasteiger partial charge on any atom is 0.254 e. The molecule has 1 aliphatic carbocycles. The van der Waals surface area contributed by atoms with Crippen molar-refractivity contribution in [1.29, 1.82) is 0 Å². The molecular formula is C27H32N4O. The Hall–Kier alpha value is -2.95. The molecule has 32 heavy (non-hydrogen) atoms. The van der Waals surface area contributed by atoms with Gasteiger partial charge in [-0.3, -0.25) is 14.5 Å². The molecular weight excluding hydrogens is 396 g/mol. The molecule has 0 radical (unpaired) electrons. The highest BCUT2D eigenvalue weighted by molar-refractivity contribution is 5.99. The summed E-state index contributed by atoms with van der Waals surface area (Å²) in [5, 5.41) is 4.72. The largest absolute Gasteiger partial charge is 0.337 e. The van der Waals surface area contributed by atoms with E-state index >= 15 is 0 Å². The van der Waals surface area contributed by atoms with E-state index in [1.807, 2.05) is 19.3 Å². The number of aryl methyl sites for hydroxylation is 2. The van der Waals surface area contributed by atoms with Gasteiger partial charge in [-0.2, -0.15) is 5.10 Å². The van der Waals surface area contributed by atoms with Crippen molar-refractivity contribution in [2.75, 3.05) is 7.05 Å². The first-order valence-corrected chi connectivity index (χ1v) is 11.8. The lowest BCUT2D eigenvalue weighted by atomic mass is 9.89. The Bertz CT molecular complexity index is 1190. The van der Waals surface area contributed by atoms with E-state index in [2.05, 4.69) is 49.8 Å². The lowest BCUT2D eigenvalue weighted by Crippen LogP contribution is -2.19. The van der Waals surface area contributed by atoms with Crippen molar-refractivity contribution in [2.45, 2.75) is 66.0 Å². The van der Waals surface area contributed by atoms with Crippen LogP contribution in [0.5, 0.6) is 0 Å². The molecule has 0 N–H and O–H groups in total. The predicted molar refractivity (Wildman–Crippen MR) is 127 cm³/mol. The second-order valence-electron chi connectivity index (χ2n) is 9.98. The van der Waals surface area contributed by atoms with Gasteiger partial charge in [0.15, 0.2) is 0 Å². The van der Waals surface area contributed by atoms with Gasteiger partial charge in [0.25, 0.3) is 5.91 Å². The van der Waals surface area contributed by atoms with Gasteiger partial charge >= 0.3 is 0 Å². The van der Waals surface area contributed by atoms with Gasteiger partial charge in [-0.05, 0) is 54.9 Å². The number of nitrogens with zero attached hydrogens (tertiary/aromatic N) is 4. The third-order valence-corrected chi connectivity index (χ3v) is 7.32. The van der Waals surface area contributed by atoms with E-state index < -0.39 is 0 Å². The van der Waals surface area contributed by atoms with Crippen molar-refractivity contribution in [1.82, 2.24) is 19.7 Å². The number of benzene rings is 1. The molecule has 166 valence electrons. The summed E-state index contributed by atoms with van der Waals surface area (Å²) in [5.74, 6) is 0.0869. The van der Waals surface area contributed by atoms with E-state index in [0.717, 1.165) is 52.2 Å². The number of hydrogen-bond donors (Lipinski definition) is 0. The molecule has 2 aromatic heterocycles. The van der Waals surface area contributed by atoms with Crippen LogP contribution in [0.15, 0.2) is 36.7 Å². The van der Waals surface area contributed by atoms with Gasteiger partial charge in [-0.25, -0.2) is 0 Å². The second-order valence-corrected chi connectivity index (χ2v) is 9.98. The van der Waals surface area contributed by atoms with Crippen LogP contribution in [0.1, 0.15) is 66.7 Å². The molecule has 2 aliphatic rings. The standard InChI is InChI=1S/C27H32N4O/c1-5-24-18(2)12-22(21-14-28-31(16-21)17-27(3)10-6-7-11-27)25(29-24)19-8-9-20-15-30(4)26(32)23(20)13-19/h8-9,12-14,16H,5-7,10-11,15,17H2,1-4H3. The Morgan fingerprint density at radius 1 is 1.09 bits per heavy atom. The number of amides is 1. The minimum Gasteiger partial charge on any atom is -0.337 e. The Morgan fingerprint density at radius 3 is 2.62 bits per heavy atom. The first kappa shape index (κ1) is 20.9. The van der Waals surface area contributed by atoms with Gasteiger partial charge in [-0.15, -0.1) is 0 Å². The molecule has 0 bridgehead atoms. The summed E-state index contributed by atoms with van der Waals surface area (Å²) in [6.07, 6.45) is 10.2. The number of pyridine rings is 1. The highest BCUT2D eigenvalue weighted by atomic mass is 16.2. The molecule has 1 aliphatic heterocycles. The zero-order valence-corrected chi connectivity index (χ0v) is 19.6. The van der Waals surface area contributed by atoms with E-state index in [4.69, 9.17) is 10.1 Å². The summed E-state index contributed by atoms with van der Waals surface area (Å²) >= 11 is 0. The molecule has 3 heterocycles. The molecule has 0 spiro atoms. The van der Waals surface area contributed by atoms with Crippen molar-refractivity contribution >= 4 is 5.91 Å².